The van der Waals surface area contributed by atoms with E-state index in [1.165, 1.54) is 16.8 Å². The molecule has 2 aromatic rings. The van der Waals surface area contributed by atoms with Crippen LogP contribution in [-0.2, 0) is 11.3 Å². The number of hydrogen-bond acceptors (Lipinski definition) is 4. The number of nitrogens with zero attached hydrogens (tertiary/aromatic N) is 5. The van der Waals surface area contributed by atoms with Gasteiger partial charge in [0.15, 0.2) is 0 Å². The van der Waals surface area contributed by atoms with Crippen molar-refractivity contribution in [3.63, 3.8) is 0 Å². The first-order chi connectivity index (χ1) is 12.0. The van der Waals surface area contributed by atoms with Crippen molar-refractivity contribution in [1.29, 1.82) is 0 Å². The van der Waals surface area contributed by atoms with Crippen molar-refractivity contribution in [2.24, 2.45) is 0 Å². The number of anilines is 1. The van der Waals surface area contributed by atoms with Crippen molar-refractivity contribution in [2.45, 2.75) is 40.7 Å². The fraction of sp³-hybridized carbons (Fsp3) is 0.526. The first-order valence-electron chi connectivity index (χ1n) is 8.91. The summed E-state index contributed by atoms with van der Waals surface area (Å²) in [5.41, 5.74) is 5.82. The standard InChI is InChI=1S/C19H27N5O/c1-14-13-20-7-5-18(14)22-9-11-23(12-10-22)19(25)6-8-24-17(4)15(2)16(3)21-24/h5,7,13H,6,8-12H2,1-4H3. The maximum Gasteiger partial charge on any atom is 0.224 e. The smallest absolute Gasteiger partial charge is 0.224 e. The van der Waals surface area contributed by atoms with E-state index in [1.54, 1.807) is 0 Å². The van der Waals surface area contributed by atoms with Gasteiger partial charge < -0.3 is 9.80 Å². The second kappa shape index (κ2) is 7.25. The highest BCUT2D eigenvalue weighted by Crippen LogP contribution is 2.20. The maximum atomic E-state index is 12.5. The van der Waals surface area contributed by atoms with Gasteiger partial charge >= 0.3 is 0 Å². The summed E-state index contributed by atoms with van der Waals surface area (Å²) in [5, 5.41) is 4.52. The van der Waals surface area contributed by atoms with Crippen LogP contribution in [0.5, 0.6) is 0 Å². The zero-order valence-corrected chi connectivity index (χ0v) is 15.6. The topological polar surface area (TPSA) is 54.3 Å². The Morgan fingerprint density at radius 1 is 1.12 bits per heavy atom. The first-order valence-corrected chi connectivity index (χ1v) is 8.91. The predicted octanol–water partition coefficient (Wildman–Crippen LogP) is 2.25. The fourth-order valence-electron chi connectivity index (χ4n) is 3.38. The lowest BCUT2D eigenvalue weighted by molar-refractivity contribution is -0.131. The Morgan fingerprint density at radius 2 is 1.84 bits per heavy atom. The van der Waals surface area contributed by atoms with Crippen molar-refractivity contribution < 1.29 is 4.79 Å². The van der Waals surface area contributed by atoms with Gasteiger partial charge in [-0.2, -0.15) is 5.10 Å². The fourth-order valence-corrected chi connectivity index (χ4v) is 3.38. The van der Waals surface area contributed by atoms with Gasteiger partial charge in [0, 0.05) is 62.9 Å². The maximum absolute atomic E-state index is 12.5. The minimum Gasteiger partial charge on any atom is -0.368 e. The van der Waals surface area contributed by atoms with Gasteiger partial charge in [0.2, 0.25) is 5.91 Å². The number of piperazine rings is 1. The molecular formula is C19H27N5O. The zero-order valence-electron chi connectivity index (χ0n) is 15.6. The van der Waals surface area contributed by atoms with E-state index in [-0.39, 0.29) is 5.91 Å². The zero-order chi connectivity index (χ0) is 18.0. The van der Waals surface area contributed by atoms with Gasteiger partial charge in [-0.3, -0.25) is 14.5 Å². The Morgan fingerprint density at radius 3 is 2.44 bits per heavy atom. The van der Waals surface area contributed by atoms with E-state index >= 15 is 0 Å². The number of carbonyl (C=O) groups excluding carboxylic acids is 1. The second-order valence-corrected chi connectivity index (χ2v) is 6.80. The number of rotatable bonds is 4. The SMILES string of the molecule is Cc1cnccc1N1CCN(C(=O)CCn2nc(C)c(C)c2C)CC1. The summed E-state index contributed by atoms with van der Waals surface area (Å²) in [6.07, 6.45) is 4.23. The van der Waals surface area contributed by atoms with Gasteiger partial charge in [0.1, 0.15) is 0 Å². The molecule has 0 unspecified atom stereocenters. The summed E-state index contributed by atoms with van der Waals surface area (Å²) in [7, 11) is 0. The summed E-state index contributed by atoms with van der Waals surface area (Å²) in [5.74, 6) is 0.219. The van der Waals surface area contributed by atoms with Crippen LogP contribution in [0, 0.1) is 27.7 Å². The molecule has 25 heavy (non-hydrogen) atoms. The molecule has 0 bridgehead atoms. The minimum atomic E-state index is 0.219. The quantitative estimate of drug-likeness (QED) is 0.856. The van der Waals surface area contributed by atoms with Crippen LogP contribution in [0.25, 0.3) is 0 Å². The highest BCUT2D eigenvalue weighted by Gasteiger charge is 2.22. The van der Waals surface area contributed by atoms with Crippen LogP contribution in [0.3, 0.4) is 0 Å². The third-order valence-corrected chi connectivity index (χ3v) is 5.24. The van der Waals surface area contributed by atoms with Crippen LogP contribution in [0.2, 0.25) is 0 Å². The molecule has 1 saturated heterocycles. The van der Waals surface area contributed by atoms with Crippen LogP contribution >= 0.6 is 0 Å². The molecule has 1 aliphatic rings. The predicted molar refractivity (Wildman–Crippen MR) is 98.8 cm³/mol. The van der Waals surface area contributed by atoms with Gasteiger partial charge in [-0.25, -0.2) is 0 Å². The van der Waals surface area contributed by atoms with Gasteiger partial charge in [-0.1, -0.05) is 0 Å². The third kappa shape index (κ3) is 3.67. The highest BCUT2D eigenvalue weighted by molar-refractivity contribution is 5.76. The molecule has 134 valence electrons. The lowest BCUT2D eigenvalue weighted by atomic mass is 10.2. The Bertz CT molecular complexity index is 759. The van der Waals surface area contributed by atoms with Crippen LogP contribution in [0.15, 0.2) is 18.5 Å². The average Bonchev–Trinajstić information content (AvgIpc) is 2.87. The molecule has 0 spiro atoms. The van der Waals surface area contributed by atoms with Gasteiger partial charge in [0.05, 0.1) is 5.69 Å². The Balaban J connectivity index is 1.53. The number of aryl methyl sites for hydroxylation is 3. The molecule has 0 N–H and O–H groups in total. The molecule has 0 atom stereocenters. The number of amides is 1. The van der Waals surface area contributed by atoms with E-state index < -0.39 is 0 Å². The average molecular weight is 341 g/mol. The molecule has 1 fully saturated rings. The molecule has 0 aliphatic carbocycles. The van der Waals surface area contributed by atoms with Crippen molar-refractivity contribution >= 4 is 11.6 Å². The van der Waals surface area contributed by atoms with E-state index in [0.717, 1.165) is 37.6 Å². The van der Waals surface area contributed by atoms with Crippen molar-refractivity contribution in [1.82, 2.24) is 19.7 Å². The Hall–Kier alpha value is -2.37. The van der Waals surface area contributed by atoms with E-state index in [0.29, 0.717) is 13.0 Å². The molecular weight excluding hydrogens is 314 g/mol. The molecule has 1 aliphatic heterocycles. The van der Waals surface area contributed by atoms with E-state index in [4.69, 9.17) is 0 Å². The van der Waals surface area contributed by atoms with E-state index in [2.05, 4.69) is 41.8 Å². The summed E-state index contributed by atoms with van der Waals surface area (Å²) < 4.78 is 1.96. The molecule has 2 aromatic heterocycles. The number of carbonyl (C=O) groups is 1. The normalized spacial score (nSPS) is 14.9. The van der Waals surface area contributed by atoms with Crippen LogP contribution in [0.1, 0.15) is 28.9 Å². The monoisotopic (exact) mass is 341 g/mol. The summed E-state index contributed by atoms with van der Waals surface area (Å²) in [6.45, 7) is 12.2. The molecule has 3 rings (SSSR count). The summed E-state index contributed by atoms with van der Waals surface area (Å²) in [6, 6.07) is 2.05. The van der Waals surface area contributed by atoms with E-state index in [1.807, 2.05) is 28.9 Å². The molecule has 6 nitrogen and oxygen atoms in total. The minimum absolute atomic E-state index is 0.219. The van der Waals surface area contributed by atoms with E-state index in [9.17, 15) is 4.79 Å². The van der Waals surface area contributed by atoms with Crippen molar-refractivity contribution in [2.75, 3.05) is 31.1 Å². The molecule has 6 heteroatoms. The van der Waals surface area contributed by atoms with Crippen molar-refractivity contribution in [3.8, 4) is 0 Å². The van der Waals surface area contributed by atoms with Gasteiger partial charge in [0.25, 0.3) is 0 Å². The van der Waals surface area contributed by atoms with Gasteiger partial charge in [-0.05, 0) is 44.9 Å². The highest BCUT2D eigenvalue weighted by atomic mass is 16.2. The van der Waals surface area contributed by atoms with Crippen LogP contribution < -0.4 is 4.90 Å². The van der Waals surface area contributed by atoms with Gasteiger partial charge in [-0.15, -0.1) is 0 Å². The second-order valence-electron chi connectivity index (χ2n) is 6.80. The molecule has 0 radical (unpaired) electrons. The Kier molecular flexibility index (Phi) is 5.06. The number of pyridine rings is 1. The Labute approximate surface area is 149 Å². The van der Waals surface area contributed by atoms with Crippen molar-refractivity contribution in [3.05, 3.63) is 41.0 Å². The lowest BCUT2D eigenvalue weighted by Gasteiger charge is -2.36. The molecule has 1 amide bonds. The summed E-state index contributed by atoms with van der Waals surface area (Å²) >= 11 is 0. The molecule has 0 aromatic carbocycles. The third-order valence-electron chi connectivity index (χ3n) is 5.24. The molecule has 0 saturated carbocycles. The first kappa shape index (κ1) is 17.5. The number of aromatic nitrogens is 3. The van der Waals surface area contributed by atoms with Crippen LogP contribution in [-0.4, -0.2) is 51.8 Å². The number of hydrogen-bond donors (Lipinski definition) is 0. The summed E-state index contributed by atoms with van der Waals surface area (Å²) in [4.78, 5) is 21.0. The van der Waals surface area contributed by atoms with Crippen LogP contribution in [0.4, 0.5) is 5.69 Å². The lowest BCUT2D eigenvalue weighted by Crippen LogP contribution is -2.49. The molecule has 3 heterocycles. The largest absolute Gasteiger partial charge is 0.368 e.